The molecule has 1 aliphatic heterocycles. The third-order valence-corrected chi connectivity index (χ3v) is 4.80. The minimum atomic E-state index is -3.66. The number of para-hydroxylation sites is 1. The largest absolute Gasteiger partial charge is 0.392 e. The Morgan fingerprint density at radius 2 is 1.81 bits per heavy atom. The normalized spacial score (nSPS) is 15.7. The van der Waals surface area contributed by atoms with Crippen molar-refractivity contribution in [2.75, 3.05) is 11.6 Å². The lowest BCUT2D eigenvalue weighted by molar-refractivity contribution is 0.282. The van der Waals surface area contributed by atoms with Crippen molar-refractivity contribution in [3.63, 3.8) is 0 Å². The van der Waals surface area contributed by atoms with Gasteiger partial charge in [0.2, 0.25) is 0 Å². The van der Waals surface area contributed by atoms with E-state index in [1.165, 1.54) is 0 Å². The van der Waals surface area contributed by atoms with Gasteiger partial charge in [-0.2, -0.15) is 8.42 Å². The molecule has 6 heteroatoms. The van der Waals surface area contributed by atoms with Crippen LogP contribution in [-0.4, -0.2) is 25.3 Å². The van der Waals surface area contributed by atoms with E-state index >= 15 is 0 Å². The summed E-state index contributed by atoms with van der Waals surface area (Å²) in [6.07, 6.45) is 3.14. The van der Waals surface area contributed by atoms with Crippen molar-refractivity contribution in [1.29, 1.82) is 0 Å². The number of aliphatic hydroxyl groups is 1. The summed E-state index contributed by atoms with van der Waals surface area (Å²) in [4.78, 5) is 0. The number of hydrogen-bond acceptors (Lipinski definition) is 5. The zero-order chi connectivity index (χ0) is 19.1. The molecule has 0 spiro atoms. The molecule has 0 radical (unpaired) electrons. The summed E-state index contributed by atoms with van der Waals surface area (Å²) in [5, 5.41) is 13.6. The lowest BCUT2D eigenvalue weighted by Gasteiger charge is -2.33. The van der Waals surface area contributed by atoms with E-state index < -0.39 is 10.1 Å². The van der Waals surface area contributed by atoms with Crippen LogP contribution in [0.25, 0.3) is 16.7 Å². The third kappa shape index (κ3) is 3.61. The monoisotopic (exact) mass is 373 g/mol. The van der Waals surface area contributed by atoms with Crippen molar-refractivity contribution in [2.45, 2.75) is 32.9 Å². The van der Waals surface area contributed by atoms with Gasteiger partial charge in [-0.1, -0.05) is 30.3 Å². The second-order valence-electron chi connectivity index (χ2n) is 7.13. The highest BCUT2D eigenvalue weighted by atomic mass is 32.2. The first-order valence-corrected chi connectivity index (χ1v) is 10.2. The fourth-order valence-corrected chi connectivity index (χ4v) is 4.01. The number of anilines is 1. The van der Waals surface area contributed by atoms with Crippen molar-refractivity contribution in [3.05, 3.63) is 53.6 Å². The summed E-state index contributed by atoms with van der Waals surface area (Å²) in [5.74, 6) is 0.246. The second kappa shape index (κ2) is 6.45. The van der Waals surface area contributed by atoms with Crippen LogP contribution in [0.1, 0.15) is 31.9 Å². The van der Waals surface area contributed by atoms with Crippen LogP contribution in [-0.2, 0) is 16.7 Å². The molecule has 3 rings (SSSR count). The Morgan fingerprint density at radius 3 is 2.46 bits per heavy atom. The number of allylic oxidation sites excluding steroid dienone is 1. The molecule has 0 saturated carbocycles. The van der Waals surface area contributed by atoms with E-state index in [0.29, 0.717) is 5.56 Å². The predicted molar refractivity (Wildman–Crippen MR) is 105 cm³/mol. The Hall–Kier alpha value is -2.31. The highest BCUT2D eigenvalue weighted by Gasteiger charge is 2.26. The Bertz CT molecular complexity index is 991. The molecular weight excluding hydrogens is 350 g/mol. The van der Waals surface area contributed by atoms with Crippen LogP contribution in [0.5, 0.6) is 5.75 Å². The summed E-state index contributed by atoms with van der Waals surface area (Å²) in [6.45, 7) is 6.02. The SMILES string of the molecule is CC1=CC(C)(C)Nc2ccc(-c3ccccc3OS(C)(=O)=O)c(CO)c21. The quantitative estimate of drug-likeness (QED) is 0.798. The van der Waals surface area contributed by atoms with E-state index in [0.717, 1.165) is 34.2 Å². The standard InChI is InChI=1S/C20H23NO4S/c1-13-11-20(2,3)21-17-10-9-14(16(12-22)19(13)17)15-7-5-6-8-18(15)25-26(4,23)24/h5-11,21-22H,12H2,1-4H3. The molecule has 0 atom stereocenters. The number of aliphatic hydroxyl groups excluding tert-OH is 1. The molecule has 0 aromatic heterocycles. The highest BCUT2D eigenvalue weighted by Crippen LogP contribution is 2.42. The van der Waals surface area contributed by atoms with Gasteiger partial charge in [0.05, 0.1) is 18.4 Å². The average molecular weight is 373 g/mol. The second-order valence-corrected chi connectivity index (χ2v) is 8.70. The van der Waals surface area contributed by atoms with Crippen LogP contribution in [0.4, 0.5) is 5.69 Å². The first kappa shape index (κ1) is 18.5. The molecule has 1 aliphatic rings. The van der Waals surface area contributed by atoms with E-state index in [9.17, 15) is 13.5 Å². The van der Waals surface area contributed by atoms with Gasteiger partial charge in [-0.15, -0.1) is 0 Å². The van der Waals surface area contributed by atoms with Crippen LogP contribution < -0.4 is 9.50 Å². The number of rotatable bonds is 4. The maximum atomic E-state index is 11.6. The number of nitrogens with one attached hydrogen (secondary N) is 1. The van der Waals surface area contributed by atoms with Crippen LogP contribution in [0, 0.1) is 0 Å². The Balaban J connectivity index is 2.22. The van der Waals surface area contributed by atoms with Gasteiger partial charge in [-0.05, 0) is 49.6 Å². The molecular formula is C20H23NO4S. The van der Waals surface area contributed by atoms with Crippen molar-refractivity contribution in [1.82, 2.24) is 0 Å². The molecule has 138 valence electrons. The third-order valence-electron chi connectivity index (χ3n) is 4.32. The summed E-state index contributed by atoms with van der Waals surface area (Å²) < 4.78 is 28.4. The van der Waals surface area contributed by atoms with Gasteiger partial charge in [0.15, 0.2) is 0 Å². The zero-order valence-corrected chi connectivity index (χ0v) is 16.1. The molecule has 26 heavy (non-hydrogen) atoms. The number of benzene rings is 2. The fourth-order valence-electron chi connectivity index (χ4n) is 3.54. The number of fused-ring (bicyclic) bond motifs is 1. The average Bonchev–Trinajstić information content (AvgIpc) is 2.52. The van der Waals surface area contributed by atoms with E-state index in [1.807, 2.05) is 25.1 Å². The highest BCUT2D eigenvalue weighted by molar-refractivity contribution is 7.86. The fraction of sp³-hybridized carbons (Fsp3) is 0.300. The Morgan fingerprint density at radius 1 is 1.12 bits per heavy atom. The van der Waals surface area contributed by atoms with Gasteiger partial charge >= 0.3 is 10.1 Å². The van der Waals surface area contributed by atoms with Gasteiger partial charge < -0.3 is 14.6 Å². The minimum absolute atomic E-state index is 0.168. The lowest BCUT2D eigenvalue weighted by atomic mass is 9.85. The molecule has 2 aromatic rings. The van der Waals surface area contributed by atoms with Crippen LogP contribution in [0.2, 0.25) is 0 Å². The Labute approximate surface area is 154 Å². The van der Waals surface area contributed by atoms with Gasteiger partial charge in [-0.25, -0.2) is 0 Å². The van der Waals surface area contributed by atoms with Crippen molar-refractivity contribution in [3.8, 4) is 16.9 Å². The molecule has 0 fully saturated rings. The zero-order valence-electron chi connectivity index (χ0n) is 15.3. The molecule has 0 aliphatic carbocycles. The van der Waals surface area contributed by atoms with Crippen molar-refractivity contribution >= 4 is 21.4 Å². The smallest absolute Gasteiger partial charge is 0.306 e. The minimum Gasteiger partial charge on any atom is -0.392 e. The summed E-state index contributed by atoms with van der Waals surface area (Å²) in [7, 11) is -3.66. The van der Waals surface area contributed by atoms with Gasteiger partial charge in [0.25, 0.3) is 0 Å². The Kier molecular flexibility index (Phi) is 4.58. The predicted octanol–water partition coefficient (Wildman–Crippen LogP) is 3.79. The maximum Gasteiger partial charge on any atom is 0.306 e. The van der Waals surface area contributed by atoms with Crippen molar-refractivity contribution < 1.29 is 17.7 Å². The number of hydrogen-bond donors (Lipinski definition) is 2. The molecule has 0 amide bonds. The van der Waals surface area contributed by atoms with Crippen LogP contribution in [0.15, 0.2) is 42.5 Å². The molecule has 0 bridgehead atoms. The first-order chi connectivity index (χ1) is 12.1. The van der Waals surface area contributed by atoms with Gasteiger partial charge in [0.1, 0.15) is 5.75 Å². The molecule has 1 heterocycles. The molecule has 0 unspecified atom stereocenters. The van der Waals surface area contributed by atoms with Crippen molar-refractivity contribution in [2.24, 2.45) is 0 Å². The van der Waals surface area contributed by atoms with Gasteiger partial charge in [0, 0.05) is 16.8 Å². The maximum absolute atomic E-state index is 11.6. The molecule has 0 saturated heterocycles. The van der Waals surface area contributed by atoms with Crippen LogP contribution >= 0.6 is 0 Å². The lowest BCUT2D eigenvalue weighted by Crippen LogP contribution is -2.31. The molecule has 2 aromatic carbocycles. The summed E-state index contributed by atoms with van der Waals surface area (Å²) in [5.41, 5.74) is 4.90. The molecule has 5 nitrogen and oxygen atoms in total. The van der Waals surface area contributed by atoms with Crippen LogP contribution in [0.3, 0.4) is 0 Å². The first-order valence-electron chi connectivity index (χ1n) is 8.35. The van der Waals surface area contributed by atoms with E-state index in [-0.39, 0.29) is 17.9 Å². The van der Waals surface area contributed by atoms with E-state index in [4.69, 9.17) is 4.18 Å². The summed E-state index contributed by atoms with van der Waals surface area (Å²) in [6, 6.07) is 10.8. The van der Waals surface area contributed by atoms with E-state index in [2.05, 4.69) is 25.2 Å². The summed E-state index contributed by atoms with van der Waals surface area (Å²) >= 11 is 0. The van der Waals surface area contributed by atoms with E-state index in [1.54, 1.807) is 18.2 Å². The van der Waals surface area contributed by atoms with Gasteiger partial charge in [-0.3, -0.25) is 0 Å². The topological polar surface area (TPSA) is 75.6 Å². The molecule has 2 N–H and O–H groups in total.